The van der Waals surface area contributed by atoms with Crippen molar-refractivity contribution < 1.29 is 21.2 Å². The summed E-state index contributed by atoms with van der Waals surface area (Å²) in [4.78, 5) is -0.235. The summed E-state index contributed by atoms with van der Waals surface area (Å²) in [5.41, 5.74) is 5.12. The van der Waals surface area contributed by atoms with Crippen LogP contribution in [0.2, 0.25) is 0 Å². The molecule has 106 valence electrons. The van der Waals surface area contributed by atoms with E-state index in [-0.39, 0.29) is 16.2 Å². The van der Waals surface area contributed by atoms with E-state index >= 15 is 0 Å². The largest absolute Gasteiger partial charge is 0.389 e. The molecule has 0 radical (unpaired) electrons. The minimum absolute atomic E-state index is 0.0205. The molecular formula is C9H11FN2O4S3. The van der Waals surface area contributed by atoms with Crippen molar-refractivity contribution in [3.05, 3.63) is 29.6 Å². The summed E-state index contributed by atoms with van der Waals surface area (Å²) in [6.45, 7) is 0. The summed E-state index contributed by atoms with van der Waals surface area (Å²) in [5.74, 6) is -0.696. The molecule has 1 rings (SSSR count). The number of thiocarbonyl (C=S) groups is 1. The van der Waals surface area contributed by atoms with Crippen molar-refractivity contribution in [1.29, 1.82) is 0 Å². The van der Waals surface area contributed by atoms with Gasteiger partial charge in [-0.2, -0.15) is 0 Å². The molecule has 0 aromatic heterocycles. The van der Waals surface area contributed by atoms with Gasteiger partial charge >= 0.3 is 0 Å². The van der Waals surface area contributed by atoms with E-state index in [1.807, 2.05) is 4.72 Å². The fourth-order valence-corrected chi connectivity index (χ4v) is 4.40. The number of hydrogen-bond acceptors (Lipinski definition) is 5. The number of benzene rings is 1. The Morgan fingerprint density at radius 1 is 1.37 bits per heavy atom. The Morgan fingerprint density at radius 3 is 2.42 bits per heavy atom. The van der Waals surface area contributed by atoms with Crippen molar-refractivity contribution in [2.45, 2.75) is 0 Å². The van der Waals surface area contributed by atoms with Crippen LogP contribution in [0.5, 0.6) is 0 Å². The monoisotopic (exact) mass is 326 g/mol. The van der Waals surface area contributed by atoms with Gasteiger partial charge in [0.05, 0.1) is 0 Å². The van der Waals surface area contributed by atoms with Gasteiger partial charge in [-0.25, -0.2) is 21.2 Å². The fraction of sp³-hybridized carbons (Fsp3) is 0.222. The minimum atomic E-state index is -4.09. The molecule has 0 aliphatic heterocycles. The summed E-state index contributed by atoms with van der Waals surface area (Å²) in [6, 6.07) is 3.21. The quantitative estimate of drug-likeness (QED) is 0.749. The average Bonchev–Trinajstić information content (AvgIpc) is 2.16. The first kappa shape index (κ1) is 15.8. The van der Waals surface area contributed by atoms with Crippen LogP contribution < -0.4 is 10.5 Å². The van der Waals surface area contributed by atoms with E-state index in [1.165, 1.54) is 0 Å². The third-order valence-electron chi connectivity index (χ3n) is 1.87. The third-order valence-corrected chi connectivity index (χ3v) is 5.59. The molecule has 0 spiro atoms. The van der Waals surface area contributed by atoms with Crippen LogP contribution in [0, 0.1) is 5.82 Å². The van der Waals surface area contributed by atoms with E-state index in [2.05, 4.69) is 12.2 Å². The van der Waals surface area contributed by atoms with E-state index in [0.717, 1.165) is 24.5 Å². The molecule has 10 heteroatoms. The van der Waals surface area contributed by atoms with Gasteiger partial charge in [-0.05, 0) is 18.2 Å². The average molecular weight is 326 g/mol. The van der Waals surface area contributed by atoms with Gasteiger partial charge in [0, 0.05) is 17.5 Å². The molecule has 0 bridgehead atoms. The maximum Gasteiger partial charge on any atom is 0.247 e. The molecule has 0 heterocycles. The highest BCUT2D eigenvalue weighted by Crippen LogP contribution is 2.16. The van der Waals surface area contributed by atoms with Gasteiger partial charge in [0.1, 0.15) is 10.8 Å². The first-order valence-electron chi connectivity index (χ1n) is 4.78. The summed E-state index contributed by atoms with van der Waals surface area (Å²) < 4.78 is 60.3. The van der Waals surface area contributed by atoms with Crippen LogP contribution in [0.25, 0.3) is 0 Å². The normalized spacial score (nSPS) is 12.1. The molecule has 1 aromatic rings. The second-order valence-electron chi connectivity index (χ2n) is 3.82. The molecule has 0 atom stereocenters. The van der Waals surface area contributed by atoms with E-state index < -0.39 is 30.8 Å². The van der Waals surface area contributed by atoms with E-state index in [1.54, 1.807) is 0 Å². The molecular weight excluding hydrogens is 315 g/mol. The lowest BCUT2D eigenvalue weighted by molar-refractivity contribution is 0.594. The van der Waals surface area contributed by atoms with Crippen LogP contribution in [0.1, 0.15) is 5.56 Å². The van der Waals surface area contributed by atoms with Gasteiger partial charge in [0.2, 0.25) is 10.0 Å². The van der Waals surface area contributed by atoms with Crippen LogP contribution in [0.15, 0.2) is 18.2 Å². The van der Waals surface area contributed by atoms with Crippen molar-refractivity contribution in [3.63, 3.8) is 0 Å². The van der Waals surface area contributed by atoms with Gasteiger partial charge in [0.15, 0.2) is 14.9 Å². The van der Waals surface area contributed by atoms with Crippen molar-refractivity contribution >= 4 is 42.8 Å². The Morgan fingerprint density at radius 2 is 1.95 bits per heavy atom. The fourth-order valence-electron chi connectivity index (χ4n) is 1.27. The molecule has 0 fully saturated rings. The topological polar surface area (TPSA) is 106 Å². The van der Waals surface area contributed by atoms with Crippen molar-refractivity contribution in [2.75, 3.05) is 16.1 Å². The highest BCUT2D eigenvalue weighted by molar-refractivity contribution is 8.08. The predicted octanol–water partition coefficient (Wildman–Crippen LogP) is 0.204. The molecule has 6 nitrogen and oxygen atoms in total. The minimum Gasteiger partial charge on any atom is -0.389 e. The van der Waals surface area contributed by atoms with Crippen molar-refractivity contribution in [2.24, 2.45) is 5.73 Å². The number of rotatable bonds is 5. The Labute approximate surface area is 115 Å². The molecule has 0 amide bonds. The summed E-state index contributed by atoms with van der Waals surface area (Å²) in [6.07, 6.45) is 0.789. The number of nitrogens with two attached hydrogens (primary N) is 1. The number of sulfonamides is 1. The van der Waals surface area contributed by atoms with Crippen LogP contribution in [0.4, 0.5) is 10.1 Å². The molecule has 0 saturated carbocycles. The summed E-state index contributed by atoms with van der Waals surface area (Å²) in [5, 5.41) is -1.07. The number of sulfone groups is 1. The van der Waals surface area contributed by atoms with E-state index in [0.29, 0.717) is 0 Å². The molecule has 0 aliphatic rings. The zero-order valence-corrected chi connectivity index (χ0v) is 12.2. The zero-order chi connectivity index (χ0) is 14.8. The van der Waals surface area contributed by atoms with Crippen LogP contribution >= 0.6 is 12.2 Å². The lowest BCUT2D eigenvalue weighted by Gasteiger charge is -2.09. The molecule has 0 aliphatic carbocycles. The standard InChI is InChI=1S/C9H11FN2O4S3/c1-18(13,14)5-19(15,16)12-6-2-3-8(10)7(4-6)9(11)17/h2-4,12H,5H2,1H3,(H2,11,17). The van der Waals surface area contributed by atoms with Gasteiger partial charge in [-0.1, -0.05) is 12.2 Å². The first-order chi connectivity index (χ1) is 8.50. The van der Waals surface area contributed by atoms with E-state index in [9.17, 15) is 21.2 Å². The second-order valence-corrected chi connectivity index (χ2v) is 8.49. The van der Waals surface area contributed by atoms with Crippen LogP contribution in [-0.4, -0.2) is 33.2 Å². The second kappa shape index (κ2) is 5.39. The van der Waals surface area contributed by atoms with Crippen LogP contribution in [0.3, 0.4) is 0 Å². The summed E-state index contributed by atoms with van der Waals surface area (Å²) in [7, 11) is -7.80. The predicted molar refractivity (Wildman–Crippen MR) is 74.5 cm³/mol. The zero-order valence-electron chi connectivity index (χ0n) is 9.75. The van der Waals surface area contributed by atoms with Crippen molar-refractivity contribution in [1.82, 2.24) is 0 Å². The number of anilines is 1. The number of hydrogen-bond donors (Lipinski definition) is 2. The molecule has 0 saturated heterocycles. The van der Waals surface area contributed by atoms with Gasteiger partial charge in [-0.3, -0.25) is 4.72 Å². The Hall–Kier alpha value is -1.26. The van der Waals surface area contributed by atoms with Crippen molar-refractivity contribution in [3.8, 4) is 0 Å². The summed E-state index contributed by atoms with van der Waals surface area (Å²) >= 11 is 4.60. The van der Waals surface area contributed by atoms with Gasteiger partial charge in [-0.15, -0.1) is 0 Å². The molecule has 0 unspecified atom stereocenters. The van der Waals surface area contributed by atoms with E-state index in [4.69, 9.17) is 5.73 Å². The number of nitrogens with one attached hydrogen (secondary N) is 1. The highest BCUT2D eigenvalue weighted by atomic mass is 32.3. The smallest absolute Gasteiger partial charge is 0.247 e. The highest BCUT2D eigenvalue weighted by Gasteiger charge is 2.18. The Kier molecular flexibility index (Phi) is 4.48. The first-order valence-corrected chi connectivity index (χ1v) is 8.90. The SMILES string of the molecule is CS(=O)(=O)CS(=O)(=O)Nc1ccc(F)c(C(N)=S)c1. The van der Waals surface area contributed by atoms with Crippen LogP contribution in [-0.2, 0) is 19.9 Å². The van der Waals surface area contributed by atoms with Gasteiger partial charge in [0.25, 0.3) is 0 Å². The molecule has 3 N–H and O–H groups in total. The number of halogens is 1. The molecule has 19 heavy (non-hydrogen) atoms. The third kappa shape index (κ3) is 5.09. The Bertz CT molecular complexity index is 713. The molecule has 1 aromatic carbocycles. The Balaban J connectivity index is 3.07. The maximum atomic E-state index is 13.3. The lowest BCUT2D eigenvalue weighted by Crippen LogP contribution is -2.22. The lowest BCUT2D eigenvalue weighted by atomic mass is 10.2. The van der Waals surface area contributed by atoms with Gasteiger partial charge < -0.3 is 5.73 Å². The maximum absolute atomic E-state index is 13.3.